The molecule has 0 aliphatic carbocycles. The van der Waals surface area contributed by atoms with Crippen LogP contribution in [0, 0.1) is 13.8 Å². The predicted octanol–water partition coefficient (Wildman–Crippen LogP) is 4.49. The second kappa shape index (κ2) is 6.63. The number of ether oxygens (including phenoxy) is 2. The van der Waals surface area contributed by atoms with Crippen molar-refractivity contribution in [3.05, 3.63) is 65.4 Å². The third kappa shape index (κ3) is 3.06. The van der Waals surface area contributed by atoms with E-state index in [2.05, 4.69) is 15.5 Å². The van der Waals surface area contributed by atoms with E-state index in [0.29, 0.717) is 39.6 Å². The van der Waals surface area contributed by atoms with Gasteiger partial charge < -0.3 is 19.3 Å². The van der Waals surface area contributed by atoms with E-state index in [9.17, 15) is 4.79 Å². The molecule has 1 N–H and O–H groups in total. The normalized spacial score (nSPS) is 12.3. The molecule has 0 radical (unpaired) electrons. The molecule has 144 valence electrons. The van der Waals surface area contributed by atoms with Gasteiger partial charge >= 0.3 is 0 Å². The van der Waals surface area contributed by atoms with Gasteiger partial charge in [-0.3, -0.25) is 4.79 Å². The van der Waals surface area contributed by atoms with Crippen molar-refractivity contribution in [2.75, 3.05) is 12.1 Å². The van der Waals surface area contributed by atoms with Crippen LogP contribution in [0.1, 0.15) is 21.6 Å². The molecule has 4 aromatic rings. The van der Waals surface area contributed by atoms with Gasteiger partial charge in [-0.2, -0.15) is 0 Å². The summed E-state index contributed by atoms with van der Waals surface area (Å²) >= 11 is 0. The van der Waals surface area contributed by atoms with Crippen molar-refractivity contribution in [2.45, 2.75) is 13.8 Å². The summed E-state index contributed by atoms with van der Waals surface area (Å²) in [6.07, 6.45) is 0. The second-order valence-corrected chi connectivity index (χ2v) is 6.89. The predicted molar refractivity (Wildman–Crippen MR) is 107 cm³/mol. The molecular formula is C22H17N3O4. The number of pyridine rings is 1. The molecule has 0 unspecified atom stereocenters. The van der Waals surface area contributed by atoms with Gasteiger partial charge in [0.25, 0.3) is 11.6 Å². The minimum atomic E-state index is -0.253. The molecule has 0 bridgehead atoms. The number of anilines is 1. The van der Waals surface area contributed by atoms with E-state index < -0.39 is 0 Å². The van der Waals surface area contributed by atoms with E-state index in [-0.39, 0.29) is 12.7 Å². The van der Waals surface area contributed by atoms with Gasteiger partial charge in [0, 0.05) is 11.3 Å². The first-order valence-corrected chi connectivity index (χ1v) is 9.13. The van der Waals surface area contributed by atoms with E-state index in [0.717, 1.165) is 16.8 Å². The lowest BCUT2D eigenvalue weighted by Crippen LogP contribution is -2.13. The Kier molecular flexibility index (Phi) is 3.94. The monoisotopic (exact) mass is 387 g/mol. The van der Waals surface area contributed by atoms with Gasteiger partial charge in [0.05, 0.1) is 22.3 Å². The van der Waals surface area contributed by atoms with E-state index in [4.69, 9.17) is 14.0 Å². The minimum absolute atomic E-state index is 0.191. The highest BCUT2D eigenvalue weighted by Gasteiger charge is 2.21. The fraction of sp³-hybridized carbons (Fsp3) is 0.136. The minimum Gasteiger partial charge on any atom is -0.454 e. The molecule has 2 aromatic carbocycles. The van der Waals surface area contributed by atoms with E-state index >= 15 is 0 Å². The van der Waals surface area contributed by atoms with E-state index in [1.165, 1.54) is 0 Å². The molecule has 0 saturated heterocycles. The fourth-order valence-electron chi connectivity index (χ4n) is 3.40. The van der Waals surface area contributed by atoms with Crippen molar-refractivity contribution in [1.82, 2.24) is 10.1 Å². The summed E-state index contributed by atoms with van der Waals surface area (Å²) in [6, 6.07) is 14.9. The molecule has 2 aromatic heterocycles. The van der Waals surface area contributed by atoms with Crippen molar-refractivity contribution in [1.29, 1.82) is 0 Å². The van der Waals surface area contributed by atoms with Crippen molar-refractivity contribution >= 4 is 22.7 Å². The highest BCUT2D eigenvalue weighted by molar-refractivity contribution is 6.13. The van der Waals surface area contributed by atoms with Crippen molar-refractivity contribution in [3.63, 3.8) is 0 Å². The van der Waals surface area contributed by atoms with Gasteiger partial charge in [0.2, 0.25) is 6.79 Å². The maximum atomic E-state index is 13.1. The Labute approximate surface area is 166 Å². The highest BCUT2D eigenvalue weighted by atomic mass is 16.7. The van der Waals surface area contributed by atoms with Crippen LogP contribution in [0.25, 0.3) is 22.4 Å². The first-order valence-electron chi connectivity index (χ1n) is 9.13. The number of hydrogen-bond acceptors (Lipinski definition) is 6. The zero-order valence-corrected chi connectivity index (χ0v) is 15.9. The highest BCUT2D eigenvalue weighted by Crippen LogP contribution is 2.36. The van der Waals surface area contributed by atoms with E-state index in [1.54, 1.807) is 13.0 Å². The number of nitrogens with one attached hydrogen (secondary N) is 1. The quantitative estimate of drug-likeness (QED) is 0.557. The van der Waals surface area contributed by atoms with E-state index in [1.807, 2.05) is 49.4 Å². The van der Waals surface area contributed by atoms with Gasteiger partial charge in [-0.1, -0.05) is 17.3 Å². The molecule has 29 heavy (non-hydrogen) atoms. The third-order valence-electron chi connectivity index (χ3n) is 4.81. The molecule has 5 rings (SSSR count). The SMILES string of the molecule is Cc1cccc(NC(=O)c2cc(-c3ccc4c(c3)OCO4)nc3onc(C)c23)c1. The van der Waals surface area contributed by atoms with Crippen LogP contribution >= 0.6 is 0 Å². The summed E-state index contributed by atoms with van der Waals surface area (Å²) in [6.45, 7) is 3.95. The molecule has 1 aliphatic rings. The number of amides is 1. The maximum Gasteiger partial charge on any atom is 0.259 e. The average molecular weight is 387 g/mol. The summed E-state index contributed by atoms with van der Waals surface area (Å²) in [4.78, 5) is 17.7. The number of carbonyl (C=O) groups excluding carboxylic acids is 1. The van der Waals surface area contributed by atoms with Crippen LogP contribution in [-0.2, 0) is 0 Å². The standard InChI is InChI=1S/C22H17N3O4/c1-12-4-3-5-15(8-12)23-21(26)16-10-17(24-22-20(16)13(2)25-29-22)14-6-7-18-19(9-14)28-11-27-18/h3-10H,11H2,1-2H3,(H,23,26). The Hall–Kier alpha value is -3.87. The first-order chi connectivity index (χ1) is 14.1. The van der Waals surface area contributed by atoms with Crippen molar-refractivity contribution in [2.24, 2.45) is 0 Å². The smallest absolute Gasteiger partial charge is 0.259 e. The van der Waals surface area contributed by atoms with Crippen molar-refractivity contribution in [3.8, 4) is 22.8 Å². The number of fused-ring (bicyclic) bond motifs is 2. The topological polar surface area (TPSA) is 86.5 Å². The molecule has 3 heterocycles. The van der Waals surface area contributed by atoms with Crippen LogP contribution in [0.5, 0.6) is 11.5 Å². The Morgan fingerprint density at radius 1 is 1.03 bits per heavy atom. The molecule has 0 fully saturated rings. The Balaban J connectivity index is 1.60. The molecule has 0 atom stereocenters. The lowest BCUT2D eigenvalue weighted by Gasteiger charge is -2.09. The third-order valence-corrected chi connectivity index (χ3v) is 4.81. The number of aryl methyl sites for hydroxylation is 2. The van der Waals surface area contributed by atoms with Gasteiger partial charge in [-0.15, -0.1) is 0 Å². The Morgan fingerprint density at radius 3 is 2.76 bits per heavy atom. The number of benzene rings is 2. The molecule has 1 aliphatic heterocycles. The number of aromatic nitrogens is 2. The van der Waals surface area contributed by atoms with Crippen LogP contribution in [0.3, 0.4) is 0 Å². The zero-order valence-electron chi connectivity index (χ0n) is 15.9. The molecule has 7 nitrogen and oxygen atoms in total. The maximum absolute atomic E-state index is 13.1. The molecule has 0 spiro atoms. The number of carbonyl (C=O) groups is 1. The van der Waals surface area contributed by atoms with Crippen molar-refractivity contribution < 1.29 is 18.8 Å². The molecular weight excluding hydrogens is 370 g/mol. The average Bonchev–Trinajstić information content (AvgIpc) is 3.33. The van der Waals surface area contributed by atoms with Crippen LogP contribution in [0.4, 0.5) is 5.69 Å². The Morgan fingerprint density at radius 2 is 1.90 bits per heavy atom. The van der Waals surface area contributed by atoms with Crippen LogP contribution in [0.15, 0.2) is 53.1 Å². The summed E-state index contributed by atoms with van der Waals surface area (Å²) in [5, 5.41) is 7.53. The number of rotatable bonds is 3. The molecule has 7 heteroatoms. The number of nitrogens with zero attached hydrogens (tertiary/aromatic N) is 2. The van der Waals surface area contributed by atoms with Gasteiger partial charge in [0.1, 0.15) is 0 Å². The first kappa shape index (κ1) is 17.2. The van der Waals surface area contributed by atoms with Gasteiger partial charge in [-0.05, 0) is 55.8 Å². The summed E-state index contributed by atoms with van der Waals surface area (Å²) in [7, 11) is 0. The summed E-state index contributed by atoms with van der Waals surface area (Å²) in [5.74, 6) is 1.07. The summed E-state index contributed by atoms with van der Waals surface area (Å²) in [5.41, 5.74) is 4.52. The largest absolute Gasteiger partial charge is 0.454 e. The summed E-state index contributed by atoms with van der Waals surface area (Å²) < 4.78 is 16.2. The fourth-order valence-corrected chi connectivity index (χ4v) is 3.40. The molecule has 1 amide bonds. The number of hydrogen-bond donors (Lipinski definition) is 1. The van der Waals surface area contributed by atoms with Gasteiger partial charge in [0.15, 0.2) is 11.5 Å². The van der Waals surface area contributed by atoms with Crippen LogP contribution < -0.4 is 14.8 Å². The zero-order chi connectivity index (χ0) is 20.0. The Bertz CT molecular complexity index is 1260. The molecule has 0 saturated carbocycles. The lowest BCUT2D eigenvalue weighted by atomic mass is 10.0. The van der Waals surface area contributed by atoms with Gasteiger partial charge in [-0.25, -0.2) is 4.98 Å². The second-order valence-electron chi connectivity index (χ2n) is 6.89. The van der Waals surface area contributed by atoms with Crippen LogP contribution in [-0.4, -0.2) is 22.8 Å². The van der Waals surface area contributed by atoms with Crippen LogP contribution in [0.2, 0.25) is 0 Å². The lowest BCUT2D eigenvalue weighted by molar-refractivity contribution is 0.102.